The van der Waals surface area contributed by atoms with Gasteiger partial charge in [-0.1, -0.05) is 0 Å². The third-order valence-corrected chi connectivity index (χ3v) is 2.80. The van der Waals surface area contributed by atoms with E-state index in [1.54, 1.807) is 6.92 Å². The van der Waals surface area contributed by atoms with Crippen LogP contribution in [0.15, 0.2) is 23.1 Å². The average molecular weight is 259 g/mol. The zero-order chi connectivity index (χ0) is 12.8. The summed E-state index contributed by atoms with van der Waals surface area (Å²) in [7, 11) is 0. The highest BCUT2D eigenvalue weighted by molar-refractivity contribution is 8.00. The molecule has 0 saturated heterocycles. The molecule has 0 fully saturated rings. The number of benzene rings is 1. The molecule has 1 aromatic carbocycles. The van der Waals surface area contributed by atoms with Gasteiger partial charge in [-0.25, -0.2) is 4.39 Å². The Morgan fingerprint density at radius 3 is 2.82 bits per heavy atom. The van der Waals surface area contributed by atoms with E-state index in [1.165, 1.54) is 12.1 Å². The number of nitrogens with zero attached hydrogens (tertiary/aromatic N) is 1. The van der Waals surface area contributed by atoms with Crippen LogP contribution in [-0.4, -0.2) is 23.3 Å². The van der Waals surface area contributed by atoms with E-state index >= 15 is 0 Å². The van der Waals surface area contributed by atoms with Crippen LogP contribution in [0.2, 0.25) is 0 Å². The fraction of sp³-hybridized carbons (Fsp3) is 0.300. The van der Waals surface area contributed by atoms with Gasteiger partial charge in [-0.05, 0) is 13.0 Å². The summed E-state index contributed by atoms with van der Waals surface area (Å²) in [4.78, 5) is 20.9. The molecule has 0 heterocycles. The van der Waals surface area contributed by atoms with Gasteiger partial charge in [-0.2, -0.15) is 0 Å². The number of carbonyl (C=O) groups is 1. The lowest BCUT2D eigenvalue weighted by molar-refractivity contribution is -0.385. The van der Waals surface area contributed by atoms with Crippen molar-refractivity contribution in [2.75, 3.05) is 12.4 Å². The third-order valence-electron chi connectivity index (χ3n) is 1.78. The topological polar surface area (TPSA) is 69.4 Å². The molecule has 0 aromatic heterocycles. The Bertz CT molecular complexity index is 438. The van der Waals surface area contributed by atoms with Crippen molar-refractivity contribution in [1.29, 1.82) is 0 Å². The molecule has 1 aromatic rings. The minimum Gasteiger partial charge on any atom is -0.465 e. The van der Waals surface area contributed by atoms with Crippen LogP contribution >= 0.6 is 11.8 Å². The highest BCUT2D eigenvalue weighted by Crippen LogP contribution is 2.25. The van der Waals surface area contributed by atoms with Crippen molar-refractivity contribution in [3.8, 4) is 0 Å². The Hall–Kier alpha value is -1.63. The molecule has 5 nitrogen and oxygen atoms in total. The summed E-state index contributed by atoms with van der Waals surface area (Å²) < 4.78 is 18.0. The van der Waals surface area contributed by atoms with E-state index in [-0.39, 0.29) is 22.9 Å². The van der Waals surface area contributed by atoms with E-state index in [9.17, 15) is 19.3 Å². The molecule has 0 aliphatic carbocycles. The first-order chi connectivity index (χ1) is 8.04. The van der Waals surface area contributed by atoms with Crippen molar-refractivity contribution < 1.29 is 18.8 Å². The maximum absolute atomic E-state index is 13.4. The standard InChI is InChI=1S/C10H10FNO4S/c1-2-16-10(13)6-17-9-4-3-7(12(14)15)5-8(9)11/h3-5H,2,6H2,1H3. The Kier molecular flexibility index (Phi) is 4.89. The largest absolute Gasteiger partial charge is 0.465 e. The van der Waals surface area contributed by atoms with Crippen LogP contribution in [-0.2, 0) is 9.53 Å². The van der Waals surface area contributed by atoms with Gasteiger partial charge in [0.25, 0.3) is 5.69 Å². The van der Waals surface area contributed by atoms with Gasteiger partial charge in [-0.3, -0.25) is 14.9 Å². The van der Waals surface area contributed by atoms with Crippen molar-refractivity contribution in [1.82, 2.24) is 0 Å². The molecule has 1 rings (SSSR count). The molecule has 0 aliphatic rings. The molecule has 17 heavy (non-hydrogen) atoms. The van der Waals surface area contributed by atoms with Gasteiger partial charge in [-0.15, -0.1) is 11.8 Å². The molecule has 0 spiro atoms. The number of ether oxygens (including phenoxy) is 1. The van der Waals surface area contributed by atoms with Crippen molar-refractivity contribution in [3.63, 3.8) is 0 Å². The summed E-state index contributed by atoms with van der Waals surface area (Å²) in [5.41, 5.74) is -0.317. The number of non-ortho nitro benzene ring substituents is 1. The second kappa shape index (κ2) is 6.19. The van der Waals surface area contributed by atoms with Crippen LogP contribution in [0.4, 0.5) is 10.1 Å². The normalized spacial score (nSPS) is 10.0. The first kappa shape index (κ1) is 13.4. The van der Waals surface area contributed by atoms with Crippen molar-refractivity contribution >= 4 is 23.4 Å². The van der Waals surface area contributed by atoms with Crippen molar-refractivity contribution in [2.24, 2.45) is 0 Å². The molecule has 7 heteroatoms. The molecule has 92 valence electrons. The SMILES string of the molecule is CCOC(=O)CSc1ccc([N+](=O)[O-])cc1F. The molecule has 0 N–H and O–H groups in total. The van der Waals surface area contributed by atoms with Crippen LogP contribution in [0.1, 0.15) is 6.92 Å². The minimum atomic E-state index is -0.714. The summed E-state index contributed by atoms with van der Waals surface area (Å²) in [6.07, 6.45) is 0. The van der Waals surface area contributed by atoms with E-state index in [0.717, 1.165) is 17.8 Å². The summed E-state index contributed by atoms with van der Waals surface area (Å²) >= 11 is 0.943. The van der Waals surface area contributed by atoms with Gasteiger partial charge in [0, 0.05) is 11.0 Å². The predicted molar refractivity (Wildman–Crippen MR) is 60.4 cm³/mol. The predicted octanol–water partition coefficient (Wildman–Crippen LogP) is 2.39. The Morgan fingerprint density at radius 2 is 2.29 bits per heavy atom. The molecular weight excluding hydrogens is 249 g/mol. The number of esters is 1. The van der Waals surface area contributed by atoms with E-state index in [0.29, 0.717) is 0 Å². The Balaban J connectivity index is 2.66. The van der Waals surface area contributed by atoms with Gasteiger partial charge in [0.05, 0.1) is 23.3 Å². The zero-order valence-electron chi connectivity index (χ0n) is 9.01. The first-order valence-corrected chi connectivity index (χ1v) is 5.75. The lowest BCUT2D eigenvalue weighted by atomic mass is 10.3. The van der Waals surface area contributed by atoms with E-state index < -0.39 is 16.7 Å². The molecule has 0 atom stereocenters. The number of carbonyl (C=O) groups excluding carboxylic acids is 1. The number of hydrogen-bond acceptors (Lipinski definition) is 5. The second-order valence-electron chi connectivity index (χ2n) is 2.97. The lowest BCUT2D eigenvalue weighted by Gasteiger charge is -2.03. The van der Waals surface area contributed by atoms with Gasteiger partial charge in [0.1, 0.15) is 5.82 Å². The highest BCUT2D eigenvalue weighted by atomic mass is 32.2. The first-order valence-electron chi connectivity index (χ1n) is 4.77. The number of rotatable bonds is 5. The number of thioether (sulfide) groups is 1. The summed E-state index contributed by atoms with van der Waals surface area (Å²) in [6, 6.07) is 3.29. The number of nitro benzene ring substituents is 1. The van der Waals surface area contributed by atoms with E-state index in [1.807, 2.05) is 0 Å². The minimum absolute atomic E-state index is 0.0252. The third kappa shape index (κ3) is 4.03. The average Bonchev–Trinajstić information content (AvgIpc) is 2.27. The van der Waals surface area contributed by atoms with Crippen LogP contribution in [0.5, 0.6) is 0 Å². The monoisotopic (exact) mass is 259 g/mol. The lowest BCUT2D eigenvalue weighted by Crippen LogP contribution is -2.06. The van der Waals surface area contributed by atoms with Crippen LogP contribution in [0.25, 0.3) is 0 Å². The number of nitro groups is 1. The quantitative estimate of drug-likeness (QED) is 0.351. The number of hydrogen-bond donors (Lipinski definition) is 0. The molecule has 0 radical (unpaired) electrons. The molecule has 0 unspecified atom stereocenters. The molecular formula is C10H10FNO4S. The smallest absolute Gasteiger partial charge is 0.316 e. The highest BCUT2D eigenvalue weighted by Gasteiger charge is 2.12. The Labute approximate surface area is 101 Å². The summed E-state index contributed by atoms with van der Waals surface area (Å²) in [5, 5.41) is 10.4. The summed E-state index contributed by atoms with van der Waals surface area (Å²) in [6.45, 7) is 1.94. The fourth-order valence-corrected chi connectivity index (χ4v) is 1.78. The van der Waals surface area contributed by atoms with E-state index in [4.69, 9.17) is 0 Å². The maximum Gasteiger partial charge on any atom is 0.316 e. The van der Waals surface area contributed by atoms with Gasteiger partial charge in [0.2, 0.25) is 0 Å². The molecule has 0 aliphatic heterocycles. The van der Waals surface area contributed by atoms with Gasteiger partial charge in [0.15, 0.2) is 0 Å². The second-order valence-corrected chi connectivity index (χ2v) is 3.98. The maximum atomic E-state index is 13.4. The van der Waals surface area contributed by atoms with Crippen LogP contribution < -0.4 is 0 Å². The van der Waals surface area contributed by atoms with Crippen molar-refractivity contribution in [2.45, 2.75) is 11.8 Å². The van der Waals surface area contributed by atoms with Crippen LogP contribution in [0.3, 0.4) is 0 Å². The molecule has 0 amide bonds. The zero-order valence-corrected chi connectivity index (χ0v) is 9.83. The molecule has 0 bridgehead atoms. The number of halogens is 1. The Morgan fingerprint density at radius 1 is 1.59 bits per heavy atom. The van der Waals surface area contributed by atoms with Gasteiger partial charge < -0.3 is 4.74 Å². The van der Waals surface area contributed by atoms with Gasteiger partial charge >= 0.3 is 5.97 Å². The van der Waals surface area contributed by atoms with E-state index in [2.05, 4.69) is 4.74 Å². The van der Waals surface area contributed by atoms with Crippen molar-refractivity contribution in [3.05, 3.63) is 34.1 Å². The fourth-order valence-electron chi connectivity index (χ4n) is 1.06. The van der Waals surface area contributed by atoms with Crippen LogP contribution in [0, 0.1) is 15.9 Å². The summed E-state index contributed by atoms with van der Waals surface area (Å²) in [5.74, 6) is -1.19. The molecule has 0 saturated carbocycles.